The van der Waals surface area contributed by atoms with Crippen LogP contribution in [0.1, 0.15) is 54.9 Å². The molecule has 1 aliphatic heterocycles. The number of Topliss-reactive ketones (excluding diaryl/α,β-unsaturated/α-hetero) is 1. The monoisotopic (exact) mass is 621 g/mol. The molecule has 0 spiro atoms. The molecular formula is C25H47N7O7S2. The van der Waals surface area contributed by atoms with Crippen LogP contribution in [0.5, 0.6) is 0 Å². The van der Waals surface area contributed by atoms with E-state index >= 15 is 0 Å². The lowest BCUT2D eigenvalue weighted by Crippen LogP contribution is -2.62. The molecule has 6 atom stereocenters. The second-order valence-corrected chi connectivity index (χ2v) is 13.6. The molecule has 14 nitrogen and oxygen atoms in total. The van der Waals surface area contributed by atoms with E-state index < -0.39 is 63.7 Å². The Morgan fingerprint density at radius 3 is 2.12 bits per heavy atom. The van der Waals surface area contributed by atoms with Gasteiger partial charge in [0.25, 0.3) is 11.7 Å². The quantitative estimate of drug-likeness (QED) is 0.0436. The summed E-state index contributed by atoms with van der Waals surface area (Å²) in [6, 6.07) is -2.82. The molecule has 1 fully saturated rings. The highest BCUT2D eigenvalue weighted by atomic mass is 32.2. The number of likely N-dealkylation sites (N-methyl/N-ethyl adjacent to an activating group) is 1. The number of nitrogens with one attached hydrogen (secondary N) is 6. The number of hydrogen-bond donors (Lipinski definition) is 8. The minimum absolute atomic E-state index is 0.238. The molecule has 0 aromatic heterocycles. The summed E-state index contributed by atoms with van der Waals surface area (Å²) in [5.41, 5.74) is -1.08. The van der Waals surface area contributed by atoms with Gasteiger partial charge < -0.3 is 31.5 Å². The molecule has 1 saturated heterocycles. The molecule has 0 radical (unpaired) electrons. The van der Waals surface area contributed by atoms with E-state index in [0.29, 0.717) is 19.5 Å². The van der Waals surface area contributed by atoms with E-state index in [1.54, 1.807) is 20.8 Å². The number of nitrogens with zero attached hydrogens (tertiary/aromatic N) is 1. The highest BCUT2D eigenvalue weighted by Crippen LogP contribution is 2.29. The summed E-state index contributed by atoms with van der Waals surface area (Å²) in [5.74, 6) is -3.13. The van der Waals surface area contributed by atoms with Crippen LogP contribution in [-0.2, 0) is 30.4 Å². The van der Waals surface area contributed by atoms with Gasteiger partial charge in [-0.3, -0.25) is 23.7 Å². The summed E-state index contributed by atoms with van der Waals surface area (Å²) in [5, 5.41) is 12.1. The first kappa shape index (κ1) is 36.8. The Hall–Kier alpha value is -2.27. The van der Waals surface area contributed by atoms with Gasteiger partial charge in [0.05, 0.1) is 0 Å². The van der Waals surface area contributed by atoms with Crippen LogP contribution in [0.15, 0.2) is 0 Å². The summed E-state index contributed by atoms with van der Waals surface area (Å²) in [6.45, 7) is 14.4. The Balaban J connectivity index is 3.02. The van der Waals surface area contributed by atoms with Crippen molar-refractivity contribution in [3.63, 3.8) is 0 Å². The zero-order valence-electron chi connectivity index (χ0n) is 25.1. The van der Waals surface area contributed by atoms with E-state index in [1.807, 2.05) is 27.7 Å². The maximum absolute atomic E-state index is 13.8. The van der Waals surface area contributed by atoms with Gasteiger partial charge in [-0.05, 0) is 23.2 Å². The third kappa shape index (κ3) is 11.5. The minimum atomic E-state index is -2.11. The Kier molecular flexibility index (Phi) is 14.2. The molecule has 0 bridgehead atoms. The van der Waals surface area contributed by atoms with Crippen molar-refractivity contribution in [1.82, 2.24) is 36.2 Å². The highest BCUT2D eigenvalue weighted by molar-refractivity contribution is 7.82. The first-order chi connectivity index (χ1) is 18.8. The van der Waals surface area contributed by atoms with Crippen molar-refractivity contribution in [3.05, 3.63) is 0 Å². The van der Waals surface area contributed by atoms with Gasteiger partial charge in [0.1, 0.15) is 17.5 Å². The van der Waals surface area contributed by atoms with Crippen LogP contribution >= 0.6 is 12.6 Å². The number of thiol groups is 1. The first-order valence-electron chi connectivity index (χ1n) is 13.5. The molecule has 1 rings (SSSR count). The molecule has 236 valence electrons. The fraction of sp³-hybridized carbons (Fsp3) is 0.800. The van der Waals surface area contributed by atoms with Crippen LogP contribution in [0.4, 0.5) is 4.79 Å². The summed E-state index contributed by atoms with van der Waals surface area (Å²) in [4.78, 5) is 65.3. The topological polar surface area (TPSA) is 198 Å². The Morgan fingerprint density at radius 2 is 1.61 bits per heavy atom. The van der Waals surface area contributed by atoms with Gasteiger partial charge in [-0.2, -0.15) is 0 Å². The smallest absolute Gasteiger partial charge is 0.315 e. The SMILES string of the molecule is CNC(=O)C(=O)C(S)NC(=O)[C@@H]1[C@@H](C)CCN1C(=O)[C@@H](NC(=O)N[C@H](CNCCNS(=O)O)C(C)(C)C)C(C)(C)C. The van der Waals surface area contributed by atoms with Crippen LogP contribution in [-0.4, -0.2) is 99.9 Å². The Morgan fingerprint density at radius 1 is 1.00 bits per heavy atom. The second kappa shape index (κ2) is 15.8. The van der Waals surface area contributed by atoms with Crippen LogP contribution in [0.25, 0.3) is 0 Å². The van der Waals surface area contributed by atoms with Gasteiger partial charge >= 0.3 is 6.03 Å². The molecule has 0 aliphatic carbocycles. The summed E-state index contributed by atoms with van der Waals surface area (Å²) >= 11 is 1.94. The molecule has 0 aromatic carbocycles. The van der Waals surface area contributed by atoms with Crippen molar-refractivity contribution in [2.45, 2.75) is 78.4 Å². The predicted octanol–water partition coefficient (Wildman–Crippen LogP) is -0.645. The van der Waals surface area contributed by atoms with E-state index in [2.05, 4.69) is 43.9 Å². The maximum Gasteiger partial charge on any atom is 0.315 e. The molecule has 2 unspecified atom stereocenters. The molecule has 1 aliphatic rings. The second-order valence-electron chi connectivity index (χ2n) is 12.3. The fourth-order valence-corrected chi connectivity index (χ4v) is 4.84. The van der Waals surface area contributed by atoms with Crippen molar-refractivity contribution in [1.29, 1.82) is 0 Å². The minimum Gasteiger partial charge on any atom is -0.352 e. The van der Waals surface area contributed by atoms with Crippen molar-refractivity contribution in [3.8, 4) is 0 Å². The van der Waals surface area contributed by atoms with Crippen molar-refractivity contribution in [2.24, 2.45) is 16.7 Å². The van der Waals surface area contributed by atoms with Gasteiger partial charge in [-0.15, -0.1) is 12.6 Å². The zero-order valence-corrected chi connectivity index (χ0v) is 26.8. The molecule has 16 heteroatoms. The number of rotatable bonds is 13. The lowest BCUT2D eigenvalue weighted by Gasteiger charge is -2.37. The largest absolute Gasteiger partial charge is 0.352 e. The molecule has 5 amide bonds. The summed E-state index contributed by atoms with van der Waals surface area (Å²) in [7, 11) is 1.29. The Bertz CT molecular complexity index is 984. The molecule has 0 saturated carbocycles. The van der Waals surface area contributed by atoms with Crippen LogP contribution in [0.2, 0.25) is 0 Å². The average molecular weight is 622 g/mol. The van der Waals surface area contributed by atoms with E-state index in [4.69, 9.17) is 4.55 Å². The lowest BCUT2D eigenvalue weighted by atomic mass is 9.85. The van der Waals surface area contributed by atoms with Crippen molar-refractivity contribution >= 4 is 53.4 Å². The number of hydrogen-bond acceptors (Lipinski definition) is 8. The molecule has 1 heterocycles. The summed E-state index contributed by atoms with van der Waals surface area (Å²) in [6.07, 6.45) is 0.532. The van der Waals surface area contributed by atoms with E-state index in [1.165, 1.54) is 11.9 Å². The van der Waals surface area contributed by atoms with Crippen molar-refractivity contribution < 1.29 is 32.7 Å². The maximum atomic E-state index is 13.8. The Labute approximate surface area is 250 Å². The summed E-state index contributed by atoms with van der Waals surface area (Å²) < 4.78 is 21.9. The third-order valence-electron chi connectivity index (χ3n) is 6.84. The third-order valence-corrected chi connectivity index (χ3v) is 7.66. The number of urea groups is 1. The molecular weight excluding hydrogens is 574 g/mol. The number of carbonyl (C=O) groups is 5. The van der Waals surface area contributed by atoms with Crippen LogP contribution < -0.4 is 31.3 Å². The molecule has 7 N–H and O–H groups in total. The average Bonchev–Trinajstić information content (AvgIpc) is 3.24. The van der Waals surface area contributed by atoms with E-state index in [9.17, 15) is 28.2 Å². The number of ketones is 1. The molecule has 0 aromatic rings. The fourth-order valence-electron chi connectivity index (χ4n) is 4.32. The highest BCUT2D eigenvalue weighted by Gasteiger charge is 2.45. The predicted molar refractivity (Wildman–Crippen MR) is 159 cm³/mol. The zero-order chi connectivity index (χ0) is 31.7. The van der Waals surface area contributed by atoms with Crippen molar-refractivity contribution in [2.75, 3.05) is 33.2 Å². The lowest BCUT2D eigenvalue weighted by molar-refractivity contribution is -0.143. The number of carbonyl (C=O) groups excluding carboxylic acids is 5. The van der Waals surface area contributed by atoms with Gasteiger partial charge in [0.15, 0.2) is 0 Å². The van der Waals surface area contributed by atoms with E-state index in [-0.39, 0.29) is 30.5 Å². The number of likely N-dealkylation sites (tertiary alicyclic amines) is 1. The normalized spacial score (nSPS) is 20.4. The number of amides is 5. The van der Waals surface area contributed by atoms with E-state index in [0.717, 1.165) is 0 Å². The standard InChI is InChI=1S/C25H47N7O7S2/c1-14-9-12-32(16(14)19(34)31-21(40)17(33)20(35)26-8)22(36)18(25(5,6)7)30-23(37)29-15(24(2,3)4)13-27-10-11-28-41(38)39/h14-16,18,21,27-28,40H,9-13H2,1-8H3,(H,26,35)(H,31,34)(H,38,39)(H2,29,30,37)/t14-,15+,16-,18+,21?/m0/s1. The van der Waals surface area contributed by atoms with Gasteiger partial charge in [-0.1, -0.05) is 48.5 Å². The van der Waals surface area contributed by atoms with Gasteiger partial charge in [0, 0.05) is 39.3 Å². The first-order valence-corrected chi connectivity index (χ1v) is 15.1. The van der Waals surface area contributed by atoms with Gasteiger partial charge in [-0.25, -0.2) is 13.7 Å². The van der Waals surface area contributed by atoms with Gasteiger partial charge in [0.2, 0.25) is 23.1 Å². The molecule has 41 heavy (non-hydrogen) atoms. The van der Waals surface area contributed by atoms with Crippen LogP contribution in [0.3, 0.4) is 0 Å². The van der Waals surface area contributed by atoms with Crippen LogP contribution in [0, 0.1) is 16.7 Å².